The molecule has 1 amide bonds. The standard InChI is InChI=1S/C18H20N4O4S2/c1-4-12-7-13-16(28-12)19-10(3)22(17(13)25)8-14(23)21-18-20-11(9-27-18)6-15(24)26-5-2/h7,9H,4-6,8H2,1-3H3,(H,20,21,23). The van der Waals surface area contributed by atoms with Crippen LogP contribution in [0.25, 0.3) is 10.2 Å². The average Bonchev–Trinajstić information content (AvgIpc) is 3.25. The van der Waals surface area contributed by atoms with E-state index < -0.39 is 0 Å². The number of esters is 1. The molecule has 3 aromatic rings. The summed E-state index contributed by atoms with van der Waals surface area (Å²) in [5.74, 6) is -0.261. The van der Waals surface area contributed by atoms with Crippen LogP contribution in [0.15, 0.2) is 16.2 Å². The van der Waals surface area contributed by atoms with Crippen molar-refractivity contribution in [3.8, 4) is 0 Å². The minimum Gasteiger partial charge on any atom is -0.466 e. The number of carbonyl (C=O) groups excluding carboxylic acids is 2. The molecule has 0 aromatic carbocycles. The molecule has 3 heterocycles. The van der Waals surface area contributed by atoms with Crippen molar-refractivity contribution >= 4 is 49.9 Å². The lowest BCUT2D eigenvalue weighted by atomic mass is 10.3. The predicted molar refractivity (Wildman–Crippen MR) is 109 cm³/mol. The van der Waals surface area contributed by atoms with Crippen LogP contribution in [0, 0.1) is 6.92 Å². The van der Waals surface area contributed by atoms with E-state index in [0.29, 0.717) is 33.5 Å². The van der Waals surface area contributed by atoms with Crippen molar-refractivity contribution in [2.75, 3.05) is 11.9 Å². The van der Waals surface area contributed by atoms with Crippen molar-refractivity contribution in [1.29, 1.82) is 0 Å². The van der Waals surface area contributed by atoms with E-state index in [-0.39, 0.29) is 30.4 Å². The molecule has 0 fully saturated rings. The third kappa shape index (κ3) is 4.45. The van der Waals surface area contributed by atoms with Crippen molar-refractivity contribution in [3.05, 3.63) is 38.2 Å². The minimum atomic E-state index is -0.380. The lowest BCUT2D eigenvalue weighted by Crippen LogP contribution is -2.29. The highest BCUT2D eigenvalue weighted by Crippen LogP contribution is 2.22. The van der Waals surface area contributed by atoms with Crippen molar-refractivity contribution in [3.63, 3.8) is 0 Å². The summed E-state index contributed by atoms with van der Waals surface area (Å²) in [5.41, 5.74) is 0.302. The van der Waals surface area contributed by atoms with Gasteiger partial charge < -0.3 is 10.1 Å². The van der Waals surface area contributed by atoms with Crippen LogP contribution in [0.1, 0.15) is 30.2 Å². The molecule has 0 saturated heterocycles. The van der Waals surface area contributed by atoms with Crippen molar-refractivity contribution in [2.45, 2.75) is 40.2 Å². The van der Waals surface area contributed by atoms with Gasteiger partial charge in [0.2, 0.25) is 5.91 Å². The van der Waals surface area contributed by atoms with E-state index in [0.717, 1.165) is 11.3 Å². The quantitative estimate of drug-likeness (QED) is 0.589. The van der Waals surface area contributed by atoms with E-state index in [2.05, 4.69) is 15.3 Å². The summed E-state index contributed by atoms with van der Waals surface area (Å²) in [6.45, 7) is 5.62. The SMILES string of the molecule is CCOC(=O)Cc1csc(NC(=O)Cn2c(C)nc3sc(CC)cc3c2=O)n1. The van der Waals surface area contributed by atoms with Gasteiger partial charge in [-0.2, -0.15) is 0 Å². The highest BCUT2D eigenvalue weighted by Gasteiger charge is 2.15. The van der Waals surface area contributed by atoms with Gasteiger partial charge in [0.05, 0.1) is 24.1 Å². The number of thiophene rings is 1. The summed E-state index contributed by atoms with van der Waals surface area (Å²) in [6.07, 6.45) is 0.884. The van der Waals surface area contributed by atoms with Crippen LogP contribution in [-0.2, 0) is 33.7 Å². The summed E-state index contributed by atoms with van der Waals surface area (Å²) in [7, 11) is 0. The summed E-state index contributed by atoms with van der Waals surface area (Å²) in [6, 6.07) is 1.84. The number of nitrogens with zero attached hydrogens (tertiary/aromatic N) is 3. The first-order chi connectivity index (χ1) is 13.4. The fourth-order valence-electron chi connectivity index (χ4n) is 2.64. The number of ether oxygens (including phenoxy) is 1. The van der Waals surface area contributed by atoms with E-state index >= 15 is 0 Å². The highest BCUT2D eigenvalue weighted by molar-refractivity contribution is 7.18. The molecule has 28 heavy (non-hydrogen) atoms. The predicted octanol–water partition coefficient (Wildman–Crippen LogP) is 2.53. The van der Waals surface area contributed by atoms with Crippen LogP contribution in [0.5, 0.6) is 0 Å². The number of aromatic nitrogens is 3. The molecule has 0 spiro atoms. The number of thiazole rings is 1. The Kier molecular flexibility index (Phi) is 6.20. The van der Waals surface area contributed by atoms with E-state index in [1.807, 2.05) is 13.0 Å². The van der Waals surface area contributed by atoms with Gasteiger partial charge >= 0.3 is 5.97 Å². The van der Waals surface area contributed by atoms with Gasteiger partial charge in [-0.25, -0.2) is 9.97 Å². The summed E-state index contributed by atoms with van der Waals surface area (Å²) in [4.78, 5) is 47.1. The molecule has 10 heteroatoms. The van der Waals surface area contributed by atoms with Crippen LogP contribution in [0.2, 0.25) is 0 Å². The molecule has 3 aromatic heterocycles. The molecule has 3 rings (SSSR count). The van der Waals surface area contributed by atoms with Gasteiger partial charge in [-0.05, 0) is 26.3 Å². The number of rotatable bonds is 7. The molecule has 8 nitrogen and oxygen atoms in total. The summed E-state index contributed by atoms with van der Waals surface area (Å²) < 4.78 is 6.24. The zero-order valence-corrected chi connectivity index (χ0v) is 17.4. The Balaban J connectivity index is 1.72. The molecule has 0 aliphatic rings. The fourth-order valence-corrected chi connectivity index (χ4v) is 4.37. The maximum atomic E-state index is 12.7. The van der Waals surface area contributed by atoms with Crippen molar-refractivity contribution in [2.24, 2.45) is 0 Å². The number of hydrogen-bond donors (Lipinski definition) is 1. The molecule has 0 atom stereocenters. The first-order valence-electron chi connectivity index (χ1n) is 8.81. The first kappa shape index (κ1) is 20.2. The van der Waals surface area contributed by atoms with Gasteiger partial charge in [0.1, 0.15) is 17.2 Å². The molecular weight excluding hydrogens is 400 g/mol. The number of aryl methyl sites for hydroxylation is 2. The lowest BCUT2D eigenvalue weighted by molar-refractivity contribution is -0.142. The minimum absolute atomic E-state index is 0.0529. The van der Waals surface area contributed by atoms with Gasteiger partial charge in [-0.3, -0.25) is 19.0 Å². The second kappa shape index (κ2) is 8.61. The Bertz CT molecular complexity index is 1080. The number of amides is 1. The van der Waals surface area contributed by atoms with Gasteiger partial charge in [0.15, 0.2) is 5.13 Å². The number of nitrogens with one attached hydrogen (secondary N) is 1. The number of fused-ring (bicyclic) bond motifs is 1. The van der Waals surface area contributed by atoms with Crippen LogP contribution >= 0.6 is 22.7 Å². The Morgan fingerprint density at radius 1 is 1.29 bits per heavy atom. The third-order valence-corrected chi connectivity index (χ3v) is 5.95. The van der Waals surface area contributed by atoms with E-state index in [1.54, 1.807) is 19.2 Å². The van der Waals surface area contributed by atoms with Crippen molar-refractivity contribution in [1.82, 2.24) is 14.5 Å². The molecule has 0 bridgehead atoms. The number of anilines is 1. The Morgan fingerprint density at radius 3 is 2.79 bits per heavy atom. The van der Waals surface area contributed by atoms with Crippen LogP contribution in [-0.4, -0.2) is 33.0 Å². The third-order valence-electron chi connectivity index (χ3n) is 3.97. The van der Waals surface area contributed by atoms with Crippen LogP contribution in [0.3, 0.4) is 0 Å². The van der Waals surface area contributed by atoms with Crippen LogP contribution in [0.4, 0.5) is 5.13 Å². The topological polar surface area (TPSA) is 103 Å². The first-order valence-corrected chi connectivity index (χ1v) is 10.5. The maximum Gasteiger partial charge on any atom is 0.311 e. The summed E-state index contributed by atoms with van der Waals surface area (Å²) in [5, 5.41) is 5.26. The Hall–Kier alpha value is -2.59. The molecule has 0 aliphatic carbocycles. The van der Waals surface area contributed by atoms with Gasteiger partial charge in [-0.15, -0.1) is 22.7 Å². The Labute approximate surface area is 169 Å². The molecule has 0 saturated carbocycles. The zero-order chi connectivity index (χ0) is 20.3. The van der Waals surface area contributed by atoms with E-state index in [9.17, 15) is 14.4 Å². The zero-order valence-electron chi connectivity index (χ0n) is 15.8. The largest absolute Gasteiger partial charge is 0.466 e. The molecule has 1 N–H and O–H groups in total. The summed E-state index contributed by atoms with van der Waals surface area (Å²) >= 11 is 2.71. The normalized spacial score (nSPS) is 11.0. The number of hydrogen-bond acceptors (Lipinski definition) is 8. The Morgan fingerprint density at radius 2 is 2.07 bits per heavy atom. The highest BCUT2D eigenvalue weighted by atomic mass is 32.1. The second-order valence-corrected chi connectivity index (χ2v) is 7.98. The monoisotopic (exact) mass is 420 g/mol. The van der Waals surface area contributed by atoms with E-state index in [4.69, 9.17) is 4.74 Å². The van der Waals surface area contributed by atoms with Crippen molar-refractivity contribution < 1.29 is 14.3 Å². The molecule has 0 unspecified atom stereocenters. The number of carbonyl (C=O) groups is 2. The lowest BCUT2D eigenvalue weighted by Gasteiger charge is -2.08. The fraction of sp³-hybridized carbons (Fsp3) is 0.389. The molecule has 0 aliphatic heterocycles. The van der Waals surface area contributed by atoms with Gasteiger partial charge in [0, 0.05) is 10.3 Å². The van der Waals surface area contributed by atoms with Gasteiger partial charge in [-0.1, -0.05) is 6.92 Å². The molecule has 0 radical (unpaired) electrons. The smallest absolute Gasteiger partial charge is 0.311 e. The molecule has 148 valence electrons. The van der Waals surface area contributed by atoms with Gasteiger partial charge in [0.25, 0.3) is 5.56 Å². The second-order valence-electron chi connectivity index (χ2n) is 6.01. The van der Waals surface area contributed by atoms with Crippen LogP contribution < -0.4 is 10.9 Å². The van der Waals surface area contributed by atoms with E-state index in [1.165, 1.54) is 27.2 Å². The average molecular weight is 421 g/mol. The maximum absolute atomic E-state index is 12.7. The molecular formula is C18H20N4O4S2.